The highest BCUT2D eigenvalue weighted by molar-refractivity contribution is 5.43. The molecule has 0 N–H and O–H groups in total. The van der Waals surface area contributed by atoms with Gasteiger partial charge < -0.3 is 9.47 Å². The Morgan fingerprint density at radius 1 is 1.15 bits per heavy atom. The molecule has 3 nitrogen and oxygen atoms in total. The molecule has 0 amide bonds. The van der Waals surface area contributed by atoms with E-state index in [9.17, 15) is 0 Å². The van der Waals surface area contributed by atoms with E-state index in [1.54, 1.807) is 0 Å². The highest BCUT2D eigenvalue weighted by Gasteiger charge is 2.71. The van der Waals surface area contributed by atoms with Crippen LogP contribution in [0.25, 0.3) is 0 Å². The van der Waals surface area contributed by atoms with Crippen LogP contribution >= 0.6 is 0 Å². The van der Waals surface area contributed by atoms with Gasteiger partial charge in [-0.2, -0.15) is 5.26 Å². The number of hydrogen-bond acceptors (Lipinski definition) is 3. The predicted octanol–water partition coefficient (Wildman–Crippen LogP) is 5.05. The summed E-state index contributed by atoms with van der Waals surface area (Å²) in [6.45, 7) is 4.24. The third kappa shape index (κ3) is 2.33. The first-order valence-electron chi connectivity index (χ1n) is 9.58. The number of ether oxygens (including phenoxy) is 2. The van der Waals surface area contributed by atoms with E-state index in [-0.39, 0.29) is 17.6 Å². The van der Waals surface area contributed by atoms with Gasteiger partial charge in [-0.15, -0.1) is 0 Å². The molecule has 0 unspecified atom stereocenters. The van der Waals surface area contributed by atoms with Gasteiger partial charge in [-0.3, -0.25) is 0 Å². The second-order valence-corrected chi connectivity index (χ2v) is 7.48. The van der Waals surface area contributed by atoms with E-state index in [0.29, 0.717) is 5.56 Å². The fraction of sp³-hybridized carbons (Fsp3) is 0.435. The van der Waals surface area contributed by atoms with Gasteiger partial charge in [0.15, 0.2) is 0 Å². The molecule has 0 spiro atoms. The lowest BCUT2D eigenvalue weighted by Gasteiger charge is -2.61. The second kappa shape index (κ2) is 6.54. The lowest BCUT2D eigenvalue weighted by Crippen LogP contribution is -2.69. The summed E-state index contributed by atoms with van der Waals surface area (Å²) >= 11 is 0. The molecule has 4 atom stereocenters. The molecule has 2 fully saturated rings. The van der Waals surface area contributed by atoms with Gasteiger partial charge in [-0.1, -0.05) is 49.4 Å². The van der Waals surface area contributed by atoms with Crippen LogP contribution in [0.2, 0.25) is 0 Å². The number of rotatable bonds is 5. The summed E-state index contributed by atoms with van der Waals surface area (Å²) in [5.74, 6) is -0.779. The normalized spacial score (nSPS) is 30.9. The Kier molecular flexibility index (Phi) is 4.34. The van der Waals surface area contributed by atoms with E-state index in [4.69, 9.17) is 14.7 Å². The zero-order valence-corrected chi connectivity index (χ0v) is 15.4. The Morgan fingerprint density at radius 3 is 2.50 bits per heavy atom. The van der Waals surface area contributed by atoms with E-state index in [0.717, 1.165) is 31.2 Å². The summed E-state index contributed by atoms with van der Waals surface area (Å²) in [6.07, 6.45) is 4.46. The Balaban J connectivity index is 1.86. The number of nitriles is 1. The predicted molar refractivity (Wildman–Crippen MR) is 101 cm³/mol. The third-order valence-corrected chi connectivity index (χ3v) is 6.11. The molecule has 1 heterocycles. The molecule has 2 aliphatic rings. The van der Waals surface area contributed by atoms with Gasteiger partial charge in [0.25, 0.3) is 0 Å². The standard InChI is InChI=1S/C23H25NO2/c1-3-17(2)25-23(20-13-11-18(16-24)12-14-20)22(15-7-10-21(22)26-23)19-8-5-4-6-9-19/h4-6,8-9,11-14,17,21H,3,7,10,15H2,1-2H3/t17-,21+,22+,23-/m0/s1. The first-order valence-corrected chi connectivity index (χ1v) is 9.58. The smallest absolute Gasteiger partial charge is 0.207 e. The number of fused-ring (bicyclic) bond motifs is 1. The van der Waals surface area contributed by atoms with Crippen molar-refractivity contribution in [1.29, 1.82) is 5.26 Å². The molecular weight excluding hydrogens is 322 g/mol. The fourth-order valence-corrected chi connectivity index (χ4v) is 4.67. The van der Waals surface area contributed by atoms with Crippen molar-refractivity contribution in [2.75, 3.05) is 0 Å². The Morgan fingerprint density at radius 2 is 1.88 bits per heavy atom. The molecule has 0 aromatic heterocycles. The van der Waals surface area contributed by atoms with Crippen molar-refractivity contribution in [3.05, 3.63) is 71.3 Å². The summed E-state index contributed by atoms with van der Waals surface area (Å²) in [7, 11) is 0. The van der Waals surface area contributed by atoms with Gasteiger partial charge in [0.2, 0.25) is 5.79 Å². The molecule has 1 aliphatic heterocycles. The molecule has 1 aliphatic carbocycles. The maximum atomic E-state index is 9.15. The topological polar surface area (TPSA) is 42.2 Å². The highest BCUT2D eigenvalue weighted by atomic mass is 16.7. The molecule has 1 saturated heterocycles. The largest absolute Gasteiger partial charge is 0.342 e. The first kappa shape index (κ1) is 17.3. The maximum Gasteiger partial charge on any atom is 0.207 e. The van der Waals surface area contributed by atoms with Crippen LogP contribution < -0.4 is 0 Å². The third-order valence-electron chi connectivity index (χ3n) is 6.11. The Labute approximate surface area is 155 Å². The van der Waals surface area contributed by atoms with Gasteiger partial charge >= 0.3 is 0 Å². The molecule has 2 aromatic rings. The van der Waals surface area contributed by atoms with Crippen LogP contribution in [0.15, 0.2) is 54.6 Å². The van der Waals surface area contributed by atoms with Crippen LogP contribution in [-0.4, -0.2) is 12.2 Å². The summed E-state index contributed by atoms with van der Waals surface area (Å²) in [5.41, 5.74) is 2.80. The average Bonchev–Trinajstić information content (AvgIpc) is 3.05. The second-order valence-electron chi connectivity index (χ2n) is 7.48. The zero-order valence-electron chi connectivity index (χ0n) is 15.4. The lowest BCUT2D eigenvalue weighted by atomic mass is 9.63. The summed E-state index contributed by atoms with van der Waals surface area (Å²) in [5, 5.41) is 9.15. The molecule has 2 aromatic carbocycles. The molecule has 1 saturated carbocycles. The number of nitrogens with zero attached hydrogens (tertiary/aromatic N) is 1. The van der Waals surface area contributed by atoms with Gasteiger partial charge in [0, 0.05) is 5.56 Å². The van der Waals surface area contributed by atoms with E-state index in [1.165, 1.54) is 5.56 Å². The van der Waals surface area contributed by atoms with Crippen molar-refractivity contribution >= 4 is 0 Å². The Hall–Kier alpha value is -2.15. The van der Waals surface area contributed by atoms with Crippen molar-refractivity contribution < 1.29 is 9.47 Å². The van der Waals surface area contributed by atoms with E-state index in [1.807, 2.05) is 24.3 Å². The van der Waals surface area contributed by atoms with Gasteiger partial charge in [-0.05, 0) is 50.3 Å². The summed E-state index contributed by atoms with van der Waals surface area (Å²) in [4.78, 5) is 0. The van der Waals surface area contributed by atoms with Crippen LogP contribution in [0.5, 0.6) is 0 Å². The SMILES string of the molecule is CC[C@H](C)O[C@@]1(c2ccc(C#N)cc2)O[C@@H]2CCC[C@@]21c1ccccc1. The monoisotopic (exact) mass is 347 g/mol. The average molecular weight is 347 g/mol. The van der Waals surface area contributed by atoms with Crippen LogP contribution in [0.1, 0.15) is 56.2 Å². The van der Waals surface area contributed by atoms with E-state index in [2.05, 4.69) is 50.2 Å². The van der Waals surface area contributed by atoms with Crippen molar-refractivity contribution in [2.45, 2.75) is 62.9 Å². The van der Waals surface area contributed by atoms with Crippen molar-refractivity contribution in [3.8, 4) is 6.07 Å². The fourth-order valence-electron chi connectivity index (χ4n) is 4.67. The number of hydrogen-bond donors (Lipinski definition) is 0. The number of benzene rings is 2. The quantitative estimate of drug-likeness (QED) is 0.760. The lowest BCUT2D eigenvalue weighted by molar-refractivity contribution is -0.412. The molecule has 0 bridgehead atoms. The van der Waals surface area contributed by atoms with E-state index >= 15 is 0 Å². The maximum absolute atomic E-state index is 9.15. The minimum Gasteiger partial charge on any atom is -0.342 e. The van der Waals surface area contributed by atoms with E-state index < -0.39 is 5.79 Å². The van der Waals surface area contributed by atoms with Crippen LogP contribution in [-0.2, 0) is 20.7 Å². The van der Waals surface area contributed by atoms with Crippen molar-refractivity contribution in [3.63, 3.8) is 0 Å². The highest BCUT2D eigenvalue weighted by Crippen LogP contribution is 2.65. The first-order chi connectivity index (χ1) is 12.7. The van der Waals surface area contributed by atoms with Crippen LogP contribution in [0, 0.1) is 11.3 Å². The van der Waals surface area contributed by atoms with Crippen molar-refractivity contribution in [2.24, 2.45) is 0 Å². The van der Waals surface area contributed by atoms with Crippen LogP contribution in [0.3, 0.4) is 0 Å². The molecular formula is C23H25NO2. The molecule has 4 rings (SSSR count). The molecule has 26 heavy (non-hydrogen) atoms. The summed E-state index contributed by atoms with van der Waals surface area (Å²) in [6, 6.07) is 20.6. The zero-order chi connectivity index (χ0) is 18.2. The van der Waals surface area contributed by atoms with Gasteiger partial charge in [0.05, 0.1) is 29.3 Å². The minimum absolute atomic E-state index is 0.0905. The summed E-state index contributed by atoms with van der Waals surface area (Å²) < 4.78 is 13.2. The molecule has 134 valence electrons. The molecule has 3 heteroatoms. The Bertz CT molecular complexity index is 810. The van der Waals surface area contributed by atoms with Gasteiger partial charge in [-0.25, -0.2) is 0 Å². The van der Waals surface area contributed by atoms with Gasteiger partial charge in [0.1, 0.15) is 0 Å². The minimum atomic E-state index is -0.779. The van der Waals surface area contributed by atoms with Crippen molar-refractivity contribution in [1.82, 2.24) is 0 Å². The molecule has 0 radical (unpaired) electrons. The van der Waals surface area contributed by atoms with Crippen LogP contribution in [0.4, 0.5) is 0 Å².